The van der Waals surface area contributed by atoms with Crippen LogP contribution in [-0.4, -0.2) is 23.5 Å². The molecule has 6 rings (SSSR count). The molecule has 0 fully saturated rings. The first-order valence-electron chi connectivity index (χ1n) is 15.6. The molecule has 5 aromatic rings. The number of fused-ring (bicyclic) bond motifs is 1. The van der Waals surface area contributed by atoms with Crippen LogP contribution in [0, 0.1) is 11.3 Å². The predicted octanol–water partition coefficient (Wildman–Crippen LogP) is 8.69. The maximum Gasteiger partial charge on any atom is 0.272 e. The van der Waals surface area contributed by atoms with E-state index >= 15 is 0 Å². The Balaban J connectivity index is 1.10. The third-order valence-electron chi connectivity index (χ3n) is 8.07. The Hall–Kier alpha value is -5.14. The second-order valence-corrected chi connectivity index (χ2v) is 14.0. The molecular weight excluding hydrogens is 672 g/mol. The Morgan fingerprint density at radius 3 is 2.39 bits per heavy atom. The fourth-order valence-corrected chi connectivity index (χ4v) is 7.82. The molecule has 1 aromatic heterocycles. The summed E-state index contributed by atoms with van der Waals surface area (Å²) in [5.41, 5.74) is 4.56. The van der Waals surface area contributed by atoms with Crippen LogP contribution >= 0.6 is 34.7 Å². The SMILES string of the molecule is N#Cc1c(NC(=O)CSc2cccc(NC(=O)/C(=C/c3ccc(Cl)cc3)NC(=O)c3ccccc3)c2)sc2c1CCC(c1ccccc1)C2. The third kappa shape index (κ3) is 8.67. The van der Waals surface area contributed by atoms with Gasteiger partial charge in [0.2, 0.25) is 5.91 Å². The zero-order chi connectivity index (χ0) is 34.2. The Kier molecular flexibility index (Phi) is 10.9. The summed E-state index contributed by atoms with van der Waals surface area (Å²) < 4.78 is 0. The molecule has 10 heteroatoms. The minimum atomic E-state index is -0.515. The van der Waals surface area contributed by atoms with Crippen molar-refractivity contribution < 1.29 is 14.4 Å². The molecule has 1 unspecified atom stereocenters. The predicted molar refractivity (Wildman–Crippen MR) is 198 cm³/mol. The largest absolute Gasteiger partial charge is 0.321 e. The number of carbonyl (C=O) groups excluding carboxylic acids is 3. The van der Waals surface area contributed by atoms with Gasteiger partial charge in [0, 0.05) is 26.0 Å². The van der Waals surface area contributed by atoms with E-state index in [0.717, 1.165) is 34.6 Å². The molecule has 1 aliphatic carbocycles. The molecule has 0 bridgehead atoms. The highest BCUT2D eigenvalue weighted by atomic mass is 35.5. The first-order valence-corrected chi connectivity index (χ1v) is 17.8. The van der Waals surface area contributed by atoms with Gasteiger partial charge in [-0.2, -0.15) is 5.26 Å². The van der Waals surface area contributed by atoms with Crippen LogP contribution < -0.4 is 16.0 Å². The van der Waals surface area contributed by atoms with Crippen molar-refractivity contribution in [3.8, 4) is 6.07 Å². The van der Waals surface area contributed by atoms with E-state index in [9.17, 15) is 19.6 Å². The normalized spacial score (nSPS) is 13.9. The average molecular weight is 703 g/mol. The fraction of sp³-hybridized carbons (Fsp3) is 0.128. The molecule has 3 N–H and O–H groups in total. The number of hydrogen-bond donors (Lipinski definition) is 3. The molecule has 4 aromatic carbocycles. The van der Waals surface area contributed by atoms with Crippen molar-refractivity contribution in [2.45, 2.75) is 30.1 Å². The van der Waals surface area contributed by atoms with Crippen LogP contribution in [0.5, 0.6) is 0 Å². The summed E-state index contributed by atoms with van der Waals surface area (Å²) in [6, 6.07) is 35.4. The highest BCUT2D eigenvalue weighted by Crippen LogP contribution is 2.42. The standard InChI is InChI=1S/C39H31ClN4O3S2/c40-29-17-14-25(15-18-29)20-34(43-37(46)27-10-5-2-6-11-27)38(47)42-30-12-7-13-31(22-30)48-24-36(45)44-39-33(23-41)32-19-16-28(21-35(32)49-39)26-8-3-1-4-9-26/h1-15,17-18,20,22,28H,16,19,21,24H2,(H,42,47)(H,43,46)(H,44,45)/b34-20-. The Morgan fingerprint density at radius 2 is 1.65 bits per heavy atom. The van der Waals surface area contributed by atoms with Crippen molar-refractivity contribution in [3.63, 3.8) is 0 Å². The fourth-order valence-electron chi connectivity index (χ4n) is 5.64. The minimum Gasteiger partial charge on any atom is -0.321 e. The number of halogens is 1. The van der Waals surface area contributed by atoms with Crippen molar-refractivity contribution >= 4 is 69.2 Å². The maximum atomic E-state index is 13.5. The lowest BCUT2D eigenvalue weighted by Crippen LogP contribution is -2.30. The van der Waals surface area contributed by atoms with Crippen molar-refractivity contribution in [2.75, 3.05) is 16.4 Å². The van der Waals surface area contributed by atoms with Crippen LogP contribution in [-0.2, 0) is 22.4 Å². The number of nitrogens with zero attached hydrogens (tertiary/aromatic N) is 1. The number of thiophene rings is 1. The van der Waals surface area contributed by atoms with Crippen LogP contribution in [0.2, 0.25) is 5.02 Å². The summed E-state index contributed by atoms with van der Waals surface area (Å²) in [7, 11) is 0. The topological polar surface area (TPSA) is 111 Å². The Bertz CT molecular complexity index is 2060. The monoisotopic (exact) mass is 702 g/mol. The van der Waals surface area contributed by atoms with E-state index in [1.54, 1.807) is 72.8 Å². The lowest BCUT2D eigenvalue weighted by atomic mass is 9.83. The van der Waals surface area contributed by atoms with Gasteiger partial charge < -0.3 is 16.0 Å². The molecule has 244 valence electrons. The molecule has 49 heavy (non-hydrogen) atoms. The number of hydrogen-bond acceptors (Lipinski definition) is 6. The number of nitriles is 1. The molecule has 1 atom stereocenters. The summed E-state index contributed by atoms with van der Waals surface area (Å²) in [5.74, 6) is -0.639. The van der Waals surface area contributed by atoms with Gasteiger partial charge in [0.15, 0.2) is 0 Å². The summed E-state index contributed by atoms with van der Waals surface area (Å²) in [6.07, 6.45) is 4.21. The molecule has 0 saturated carbocycles. The molecule has 1 aliphatic rings. The van der Waals surface area contributed by atoms with Gasteiger partial charge >= 0.3 is 0 Å². The number of nitrogens with one attached hydrogen (secondary N) is 3. The highest BCUT2D eigenvalue weighted by Gasteiger charge is 2.27. The van der Waals surface area contributed by atoms with Gasteiger partial charge in [0.05, 0.1) is 11.3 Å². The summed E-state index contributed by atoms with van der Waals surface area (Å²) >= 11 is 8.85. The molecule has 0 aliphatic heterocycles. The van der Waals surface area contributed by atoms with Gasteiger partial charge in [-0.05, 0) is 90.4 Å². The second kappa shape index (κ2) is 15.8. The number of amides is 3. The molecule has 0 radical (unpaired) electrons. The zero-order valence-electron chi connectivity index (χ0n) is 26.2. The van der Waals surface area contributed by atoms with E-state index in [-0.39, 0.29) is 17.4 Å². The van der Waals surface area contributed by atoms with Crippen molar-refractivity contribution in [1.82, 2.24) is 5.32 Å². The number of carbonyl (C=O) groups is 3. The number of thioether (sulfide) groups is 1. The van der Waals surface area contributed by atoms with Gasteiger partial charge in [0.25, 0.3) is 11.8 Å². The van der Waals surface area contributed by atoms with Gasteiger partial charge in [-0.25, -0.2) is 0 Å². The van der Waals surface area contributed by atoms with Crippen molar-refractivity contribution in [3.05, 3.63) is 153 Å². The highest BCUT2D eigenvalue weighted by molar-refractivity contribution is 8.00. The van der Waals surface area contributed by atoms with E-state index in [1.807, 2.05) is 18.2 Å². The van der Waals surface area contributed by atoms with E-state index in [4.69, 9.17) is 11.6 Å². The van der Waals surface area contributed by atoms with Crippen LogP contribution in [0.4, 0.5) is 10.7 Å². The average Bonchev–Trinajstić information content (AvgIpc) is 3.48. The van der Waals surface area contributed by atoms with Crippen LogP contribution in [0.25, 0.3) is 6.08 Å². The first-order chi connectivity index (χ1) is 23.9. The van der Waals surface area contributed by atoms with Gasteiger partial charge in [-0.3, -0.25) is 14.4 Å². The van der Waals surface area contributed by atoms with Crippen molar-refractivity contribution in [1.29, 1.82) is 5.26 Å². The number of benzene rings is 4. The van der Waals surface area contributed by atoms with Crippen LogP contribution in [0.3, 0.4) is 0 Å². The van der Waals surface area contributed by atoms with Crippen LogP contribution in [0.1, 0.15) is 49.8 Å². The molecule has 3 amide bonds. The maximum absolute atomic E-state index is 13.5. The first kappa shape index (κ1) is 33.7. The smallest absolute Gasteiger partial charge is 0.272 e. The molecule has 0 saturated heterocycles. The summed E-state index contributed by atoms with van der Waals surface area (Å²) in [4.78, 5) is 41.4. The lowest BCUT2D eigenvalue weighted by Gasteiger charge is -2.22. The Morgan fingerprint density at radius 1 is 0.918 bits per heavy atom. The van der Waals surface area contributed by atoms with Crippen LogP contribution in [0.15, 0.2) is 120 Å². The van der Waals surface area contributed by atoms with E-state index in [2.05, 4.69) is 46.3 Å². The van der Waals surface area contributed by atoms with E-state index in [1.165, 1.54) is 28.7 Å². The molecule has 0 spiro atoms. The Labute approximate surface area is 298 Å². The minimum absolute atomic E-state index is 0.0515. The van der Waals surface area contributed by atoms with Crippen molar-refractivity contribution in [2.24, 2.45) is 0 Å². The third-order valence-corrected chi connectivity index (χ3v) is 10.5. The van der Waals surface area contributed by atoms with E-state index in [0.29, 0.717) is 38.3 Å². The second-order valence-electron chi connectivity index (χ2n) is 11.4. The number of anilines is 2. The lowest BCUT2D eigenvalue weighted by molar-refractivity contribution is -0.114. The van der Waals surface area contributed by atoms with Gasteiger partial charge in [-0.15, -0.1) is 23.1 Å². The zero-order valence-corrected chi connectivity index (χ0v) is 28.6. The molecular formula is C39H31ClN4O3S2. The van der Waals surface area contributed by atoms with Gasteiger partial charge in [-0.1, -0.05) is 78.3 Å². The van der Waals surface area contributed by atoms with Gasteiger partial charge in [0.1, 0.15) is 16.8 Å². The van der Waals surface area contributed by atoms with E-state index < -0.39 is 11.8 Å². The summed E-state index contributed by atoms with van der Waals surface area (Å²) in [6.45, 7) is 0. The number of rotatable bonds is 10. The molecule has 1 heterocycles. The molecule has 7 nitrogen and oxygen atoms in total. The quantitative estimate of drug-likeness (QED) is 0.0996. The summed E-state index contributed by atoms with van der Waals surface area (Å²) in [5, 5.41) is 19.7.